The number of piperidine rings is 1. The second-order valence-corrected chi connectivity index (χ2v) is 13.0. The van der Waals surface area contributed by atoms with E-state index in [0.717, 1.165) is 69.2 Å². The van der Waals surface area contributed by atoms with Gasteiger partial charge in [-0.25, -0.2) is 9.37 Å². The highest BCUT2D eigenvalue weighted by Gasteiger charge is 2.31. The minimum Gasteiger partial charge on any atom is -0.390 e. The second kappa shape index (κ2) is 12.5. The Kier molecular flexibility index (Phi) is 8.99. The molecule has 1 saturated carbocycles. The van der Waals surface area contributed by atoms with Crippen LogP contribution in [0.15, 0.2) is 42.5 Å². The Morgan fingerprint density at radius 2 is 1.76 bits per heavy atom. The monoisotopic (exact) mass is 577 g/mol. The van der Waals surface area contributed by atoms with Gasteiger partial charge in [-0.05, 0) is 107 Å². The molecule has 2 fully saturated rings. The zero-order valence-corrected chi connectivity index (χ0v) is 25.2. The molecule has 8 nitrogen and oxygen atoms in total. The predicted octanol–water partition coefficient (Wildman–Crippen LogP) is 5.67. The second-order valence-electron chi connectivity index (χ2n) is 13.0. The standard InChI is InChI=1S/C33H44FN5O3/c1-21(2)30(40)35-26-9-11-27(12-10-26)39-29-18-22(20-38-16-14-24(15-17-38)33(3,4)42)8-13-28(29)36-32(39)37-31(41)23-6-5-7-25(34)19-23/h5-8,13,18-19,21,24,26-27,42H,9-12,14-17,20H2,1-4H3,(H,35,40)(H,36,37,41). The Morgan fingerprint density at radius 1 is 1.05 bits per heavy atom. The number of hydrogen-bond donors (Lipinski definition) is 3. The average Bonchev–Trinajstić information content (AvgIpc) is 3.30. The normalized spacial score (nSPS) is 20.6. The highest BCUT2D eigenvalue weighted by molar-refractivity contribution is 6.04. The van der Waals surface area contributed by atoms with Crippen LogP contribution in [0.1, 0.15) is 88.2 Å². The third kappa shape index (κ3) is 7.01. The van der Waals surface area contributed by atoms with Crippen molar-refractivity contribution in [2.75, 3.05) is 18.4 Å². The molecular weight excluding hydrogens is 533 g/mol. The molecule has 0 radical (unpaired) electrons. The Balaban J connectivity index is 1.39. The van der Waals surface area contributed by atoms with Crippen molar-refractivity contribution in [2.24, 2.45) is 11.8 Å². The number of hydrogen-bond acceptors (Lipinski definition) is 5. The van der Waals surface area contributed by atoms with E-state index in [1.165, 1.54) is 23.8 Å². The summed E-state index contributed by atoms with van der Waals surface area (Å²) in [6.45, 7) is 10.3. The molecule has 3 aromatic rings. The van der Waals surface area contributed by atoms with E-state index in [4.69, 9.17) is 4.98 Å². The van der Waals surface area contributed by atoms with E-state index in [1.54, 1.807) is 6.07 Å². The molecule has 1 aliphatic carbocycles. The fourth-order valence-electron chi connectivity index (χ4n) is 6.40. The van der Waals surface area contributed by atoms with E-state index in [2.05, 4.69) is 32.2 Å². The maximum Gasteiger partial charge on any atom is 0.258 e. The highest BCUT2D eigenvalue weighted by atomic mass is 19.1. The predicted molar refractivity (Wildman–Crippen MR) is 163 cm³/mol. The van der Waals surface area contributed by atoms with Crippen LogP contribution in [0.25, 0.3) is 11.0 Å². The molecular formula is C33H44FN5O3. The van der Waals surface area contributed by atoms with Gasteiger partial charge in [0.05, 0.1) is 16.6 Å². The van der Waals surface area contributed by atoms with Crippen LogP contribution in [0.4, 0.5) is 10.3 Å². The van der Waals surface area contributed by atoms with Crippen LogP contribution in [0.2, 0.25) is 0 Å². The number of aromatic nitrogens is 2. The van der Waals surface area contributed by atoms with Crippen LogP contribution >= 0.6 is 0 Å². The van der Waals surface area contributed by atoms with Gasteiger partial charge in [-0.3, -0.25) is 19.8 Å². The van der Waals surface area contributed by atoms with Crippen molar-refractivity contribution >= 4 is 28.8 Å². The lowest BCUT2D eigenvalue weighted by molar-refractivity contribution is -0.125. The molecule has 1 aliphatic heterocycles. The van der Waals surface area contributed by atoms with Gasteiger partial charge in [0.2, 0.25) is 11.9 Å². The summed E-state index contributed by atoms with van der Waals surface area (Å²) in [5, 5.41) is 16.6. The molecule has 2 aliphatic rings. The number of likely N-dealkylation sites (tertiary alicyclic amines) is 1. The van der Waals surface area contributed by atoms with Gasteiger partial charge < -0.3 is 15.0 Å². The lowest BCUT2D eigenvalue weighted by atomic mass is 9.83. The summed E-state index contributed by atoms with van der Waals surface area (Å²) in [5.74, 6) is -0.0810. The number of anilines is 1. The Hall–Kier alpha value is -3.30. The fraction of sp³-hybridized carbons (Fsp3) is 0.545. The number of amides is 2. The average molecular weight is 578 g/mol. The Morgan fingerprint density at radius 3 is 2.40 bits per heavy atom. The summed E-state index contributed by atoms with van der Waals surface area (Å²) in [6.07, 6.45) is 5.30. The molecule has 0 bridgehead atoms. The Labute approximate surface area is 247 Å². The van der Waals surface area contributed by atoms with Crippen molar-refractivity contribution in [2.45, 2.75) is 90.4 Å². The van der Waals surface area contributed by atoms with Gasteiger partial charge >= 0.3 is 0 Å². The van der Waals surface area contributed by atoms with Crippen LogP contribution < -0.4 is 10.6 Å². The number of fused-ring (bicyclic) bond motifs is 1. The zero-order valence-electron chi connectivity index (χ0n) is 25.2. The number of rotatable bonds is 8. The SMILES string of the molecule is CC(C)C(=O)NC1CCC(n2c(NC(=O)c3cccc(F)c3)nc3ccc(CN4CCC(C(C)(C)O)CC4)cc32)CC1. The van der Waals surface area contributed by atoms with E-state index in [9.17, 15) is 19.1 Å². The van der Waals surface area contributed by atoms with Crippen molar-refractivity contribution in [3.63, 3.8) is 0 Å². The Bertz CT molecular complexity index is 1410. The van der Waals surface area contributed by atoms with Crippen molar-refractivity contribution in [3.8, 4) is 0 Å². The molecule has 1 aromatic heterocycles. The molecule has 0 unspecified atom stereocenters. The van der Waals surface area contributed by atoms with Gasteiger partial charge in [0.1, 0.15) is 5.82 Å². The molecule has 9 heteroatoms. The first-order valence-electron chi connectivity index (χ1n) is 15.3. The first-order valence-corrected chi connectivity index (χ1v) is 15.3. The van der Waals surface area contributed by atoms with E-state index in [1.807, 2.05) is 33.8 Å². The van der Waals surface area contributed by atoms with Crippen LogP contribution in [0.3, 0.4) is 0 Å². The number of nitrogens with zero attached hydrogens (tertiary/aromatic N) is 3. The lowest BCUT2D eigenvalue weighted by Crippen LogP contribution is -2.41. The van der Waals surface area contributed by atoms with Crippen LogP contribution in [0.5, 0.6) is 0 Å². The number of imidazole rings is 1. The van der Waals surface area contributed by atoms with E-state index < -0.39 is 17.3 Å². The minimum absolute atomic E-state index is 0.0516. The molecule has 2 amide bonds. The molecule has 2 heterocycles. The summed E-state index contributed by atoms with van der Waals surface area (Å²) < 4.78 is 16.0. The van der Waals surface area contributed by atoms with Crippen molar-refractivity contribution in [1.82, 2.24) is 19.8 Å². The number of carbonyl (C=O) groups is 2. The van der Waals surface area contributed by atoms with Gasteiger partial charge in [0.25, 0.3) is 5.91 Å². The number of carbonyl (C=O) groups excluding carboxylic acids is 2. The van der Waals surface area contributed by atoms with Gasteiger partial charge in [-0.15, -0.1) is 0 Å². The quantitative estimate of drug-likeness (QED) is 0.321. The summed E-state index contributed by atoms with van der Waals surface area (Å²) in [7, 11) is 0. The van der Waals surface area contributed by atoms with Gasteiger partial charge in [-0.2, -0.15) is 0 Å². The molecule has 0 spiro atoms. The van der Waals surface area contributed by atoms with Crippen LogP contribution in [-0.2, 0) is 11.3 Å². The van der Waals surface area contributed by atoms with Crippen molar-refractivity contribution < 1.29 is 19.1 Å². The van der Waals surface area contributed by atoms with Crippen molar-refractivity contribution in [3.05, 3.63) is 59.4 Å². The van der Waals surface area contributed by atoms with E-state index >= 15 is 0 Å². The van der Waals surface area contributed by atoms with Gasteiger partial charge in [-0.1, -0.05) is 26.0 Å². The smallest absolute Gasteiger partial charge is 0.258 e. The first-order chi connectivity index (χ1) is 20.0. The number of nitrogens with one attached hydrogen (secondary N) is 2. The first kappa shape index (κ1) is 30.2. The minimum atomic E-state index is -0.652. The topological polar surface area (TPSA) is 99.5 Å². The van der Waals surface area contributed by atoms with E-state index in [-0.39, 0.29) is 29.5 Å². The highest BCUT2D eigenvalue weighted by Crippen LogP contribution is 2.36. The molecule has 42 heavy (non-hydrogen) atoms. The third-order valence-corrected chi connectivity index (χ3v) is 8.99. The molecule has 3 N–H and O–H groups in total. The number of benzene rings is 2. The number of halogens is 1. The third-order valence-electron chi connectivity index (χ3n) is 8.99. The summed E-state index contributed by atoms with van der Waals surface area (Å²) in [4.78, 5) is 32.7. The lowest BCUT2D eigenvalue weighted by Gasteiger charge is -2.37. The van der Waals surface area contributed by atoms with E-state index in [0.29, 0.717) is 11.9 Å². The van der Waals surface area contributed by atoms with Gasteiger partial charge in [0.15, 0.2) is 0 Å². The maximum atomic E-state index is 13.9. The molecule has 0 atom stereocenters. The summed E-state index contributed by atoms with van der Waals surface area (Å²) in [5.41, 5.74) is 2.52. The van der Waals surface area contributed by atoms with Gasteiger partial charge in [0, 0.05) is 30.1 Å². The summed E-state index contributed by atoms with van der Waals surface area (Å²) >= 11 is 0. The fourth-order valence-corrected chi connectivity index (χ4v) is 6.40. The maximum absolute atomic E-state index is 13.9. The summed E-state index contributed by atoms with van der Waals surface area (Å²) in [6, 6.07) is 12.2. The van der Waals surface area contributed by atoms with Crippen molar-refractivity contribution in [1.29, 1.82) is 0 Å². The molecule has 1 saturated heterocycles. The number of aliphatic hydroxyl groups is 1. The van der Waals surface area contributed by atoms with Crippen LogP contribution in [0, 0.1) is 17.7 Å². The largest absolute Gasteiger partial charge is 0.390 e. The molecule has 5 rings (SSSR count). The molecule has 2 aromatic carbocycles. The zero-order chi connectivity index (χ0) is 30.0. The van der Waals surface area contributed by atoms with Crippen LogP contribution in [-0.4, -0.2) is 56.1 Å². The molecule has 226 valence electrons.